The highest BCUT2D eigenvalue weighted by atomic mass is 32.2. The van der Waals surface area contributed by atoms with Crippen LogP contribution in [0.25, 0.3) is 21.9 Å². The maximum Gasteiger partial charge on any atom is 0.234 e. The number of fused-ring (bicyclic) bond motifs is 3. The van der Waals surface area contributed by atoms with Gasteiger partial charge in [-0.05, 0) is 24.3 Å². The maximum absolute atomic E-state index is 12.4. The van der Waals surface area contributed by atoms with Gasteiger partial charge < -0.3 is 19.2 Å². The molecule has 0 saturated heterocycles. The van der Waals surface area contributed by atoms with Crippen LogP contribution in [-0.2, 0) is 4.79 Å². The Bertz CT molecular complexity index is 1120. The molecule has 0 spiro atoms. The van der Waals surface area contributed by atoms with Gasteiger partial charge in [0.2, 0.25) is 5.91 Å². The van der Waals surface area contributed by atoms with E-state index in [4.69, 9.17) is 13.9 Å². The minimum atomic E-state index is -0.0940. The number of carbonyl (C=O) groups is 1. The number of anilines is 1. The molecular formula is C23H21NO4S. The lowest BCUT2D eigenvalue weighted by atomic mass is 10.1. The average molecular weight is 407 g/mol. The predicted octanol–water partition coefficient (Wildman–Crippen LogP) is 5.35. The summed E-state index contributed by atoms with van der Waals surface area (Å²) in [5, 5.41) is 4.90. The Labute approximate surface area is 173 Å². The fourth-order valence-electron chi connectivity index (χ4n) is 3.10. The van der Waals surface area contributed by atoms with Crippen LogP contribution in [0.3, 0.4) is 0 Å². The van der Waals surface area contributed by atoms with Gasteiger partial charge in [-0.3, -0.25) is 4.79 Å². The standard InChI is InChI=1S/C23H21NO4S/c1-26-22-13-18-17-9-5-6-10-20(17)28-21(18)14-19(22)24-23(25)15-29-12-11-27-16-7-3-2-4-8-16/h2-10,13-14H,11-12,15H2,1H3,(H,24,25). The van der Waals surface area contributed by atoms with E-state index in [2.05, 4.69) is 5.32 Å². The number of nitrogens with one attached hydrogen (secondary N) is 1. The number of ether oxygens (including phenoxy) is 2. The number of thioether (sulfide) groups is 1. The Morgan fingerprint density at radius 2 is 1.79 bits per heavy atom. The summed E-state index contributed by atoms with van der Waals surface area (Å²) in [6.07, 6.45) is 0. The zero-order valence-electron chi connectivity index (χ0n) is 16.0. The second-order valence-electron chi connectivity index (χ2n) is 6.41. The molecule has 4 rings (SSSR count). The number of methoxy groups -OCH3 is 1. The molecule has 4 aromatic rings. The Morgan fingerprint density at radius 1 is 1.00 bits per heavy atom. The first kappa shape index (κ1) is 19.2. The van der Waals surface area contributed by atoms with Crippen molar-refractivity contribution in [1.82, 2.24) is 0 Å². The van der Waals surface area contributed by atoms with Crippen LogP contribution < -0.4 is 14.8 Å². The molecule has 148 valence electrons. The van der Waals surface area contributed by atoms with Gasteiger partial charge in [-0.25, -0.2) is 0 Å². The fourth-order valence-corrected chi connectivity index (χ4v) is 3.71. The summed E-state index contributed by atoms with van der Waals surface area (Å²) in [6, 6.07) is 21.2. The summed E-state index contributed by atoms with van der Waals surface area (Å²) >= 11 is 1.52. The molecule has 0 fully saturated rings. The largest absolute Gasteiger partial charge is 0.495 e. The van der Waals surface area contributed by atoms with E-state index in [1.165, 1.54) is 11.8 Å². The third kappa shape index (κ3) is 4.49. The van der Waals surface area contributed by atoms with Crippen molar-refractivity contribution < 1.29 is 18.7 Å². The topological polar surface area (TPSA) is 60.7 Å². The van der Waals surface area contributed by atoms with Crippen LogP contribution in [0, 0.1) is 0 Å². The number of hydrogen-bond acceptors (Lipinski definition) is 5. The number of hydrogen-bond donors (Lipinski definition) is 1. The molecule has 0 bridgehead atoms. The summed E-state index contributed by atoms with van der Waals surface area (Å²) in [7, 11) is 1.59. The van der Waals surface area contributed by atoms with E-state index in [0.717, 1.165) is 27.9 Å². The monoisotopic (exact) mass is 407 g/mol. The van der Waals surface area contributed by atoms with Crippen LogP contribution in [0.4, 0.5) is 5.69 Å². The predicted molar refractivity (Wildman–Crippen MR) is 118 cm³/mol. The first-order valence-corrected chi connectivity index (χ1v) is 10.4. The van der Waals surface area contributed by atoms with E-state index in [1.807, 2.05) is 66.7 Å². The van der Waals surface area contributed by atoms with Gasteiger partial charge in [0.05, 0.1) is 25.2 Å². The Kier molecular flexibility index (Phi) is 5.91. The van der Waals surface area contributed by atoms with Crippen molar-refractivity contribution in [2.75, 3.05) is 30.5 Å². The maximum atomic E-state index is 12.4. The van der Waals surface area contributed by atoms with Crippen LogP contribution in [0.15, 0.2) is 71.1 Å². The van der Waals surface area contributed by atoms with Gasteiger partial charge in [-0.2, -0.15) is 0 Å². The molecule has 1 aromatic heterocycles. The van der Waals surface area contributed by atoms with Crippen molar-refractivity contribution in [3.63, 3.8) is 0 Å². The highest BCUT2D eigenvalue weighted by Gasteiger charge is 2.14. The smallest absolute Gasteiger partial charge is 0.234 e. The lowest BCUT2D eigenvalue weighted by Gasteiger charge is -2.10. The molecule has 1 amide bonds. The zero-order valence-corrected chi connectivity index (χ0v) is 16.8. The van der Waals surface area contributed by atoms with Gasteiger partial charge >= 0.3 is 0 Å². The number of para-hydroxylation sites is 2. The number of rotatable bonds is 8. The Morgan fingerprint density at radius 3 is 2.62 bits per heavy atom. The van der Waals surface area contributed by atoms with Crippen molar-refractivity contribution in [1.29, 1.82) is 0 Å². The molecular weight excluding hydrogens is 386 g/mol. The molecule has 0 aliphatic carbocycles. The van der Waals surface area contributed by atoms with Gasteiger partial charge in [0.15, 0.2) is 0 Å². The molecule has 0 radical (unpaired) electrons. The third-order valence-electron chi connectivity index (χ3n) is 4.45. The van der Waals surface area contributed by atoms with E-state index >= 15 is 0 Å². The minimum Gasteiger partial charge on any atom is -0.495 e. The molecule has 5 nitrogen and oxygen atoms in total. The van der Waals surface area contributed by atoms with Gasteiger partial charge in [-0.15, -0.1) is 11.8 Å². The van der Waals surface area contributed by atoms with Gasteiger partial charge in [-0.1, -0.05) is 36.4 Å². The van der Waals surface area contributed by atoms with Crippen LogP contribution >= 0.6 is 11.8 Å². The lowest BCUT2D eigenvalue weighted by Crippen LogP contribution is -2.15. The zero-order chi connectivity index (χ0) is 20.1. The SMILES string of the molecule is COc1cc2c(cc1NC(=O)CSCCOc1ccccc1)oc1ccccc12. The summed E-state index contributed by atoms with van der Waals surface area (Å²) in [5.74, 6) is 2.40. The average Bonchev–Trinajstić information content (AvgIpc) is 3.11. The molecule has 3 aromatic carbocycles. The first-order valence-electron chi connectivity index (χ1n) is 9.29. The highest BCUT2D eigenvalue weighted by molar-refractivity contribution is 7.99. The number of carbonyl (C=O) groups excluding carboxylic acids is 1. The van der Waals surface area contributed by atoms with E-state index in [1.54, 1.807) is 7.11 Å². The fraction of sp³-hybridized carbons (Fsp3) is 0.174. The molecule has 1 heterocycles. The molecule has 0 aliphatic heterocycles. The summed E-state index contributed by atoms with van der Waals surface area (Å²) in [4.78, 5) is 12.4. The molecule has 6 heteroatoms. The summed E-state index contributed by atoms with van der Waals surface area (Å²) in [6.45, 7) is 0.552. The van der Waals surface area contributed by atoms with Crippen molar-refractivity contribution in [3.8, 4) is 11.5 Å². The van der Waals surface area contributed by atoms with E-state index in [9.17, 15) is 4.79 Å². The molecule has 0 aliphatic rings. The minimum absolute atomic E-state index is 0.0940. The van der Waals surface area contributed by atoms with Crippen molar-refractivity contribution >= 4 is 45.3 Å². The second kappa shape index (κ2) is 8.92. The van der Waals surface area contributed by atoms with Crippen LogP contribution in [0.2, 0.25) is 0 Å². The lowest BCUT2D eigenvalue weighted by molar-refractivity contribution is -0.113. The quantitative estimate of drug-likeness (QED) is 0.399. The summed E-state index contributed by atoms with van der Waals surface area (Å²) < 4.78 is 17.0. The number of amides is 1. The van der Waals surface area contributed by atoms with Crippen LogP contribution in [0.5, 0.6) is 11.5 Å². The Balaban J connectivity index is 1.36. The second-order valence-corrected chi connectivity index (χ2v) is 7.51. The van der Waals surface area contributed by atoms with Gasteiger partial charge in [0.25, 0.3) is 0 Å². The molecule has 0 unspecified atom stereocenters. The van der Waals surface area contributed by atoms with Crippen LogP contribution in [-0.4, -0.2) is 31.1 Å². The van der Waals surface area contributed by atoms with Crippen LogP contribution in [0.1, 0.15) is 0 Å². The number of furan rings is 1. The van der Waals surface area contributed by atoms with E-state index in [-0.39, 0.29) is 5.91 Å². The number of benzene rings is 3. The highest BCUT2D eigenvalue weighted by Crippen LogP contribution is 2.36. The third-order valence-corrected chi connectivity index (χ3v) is 5.37. The first-order chi connectivity index (χ1) is 14.2. The van der Waals surface area contributed by atoms with Gasteiger partial charge in [0.1, 0.15) is 22.7 Å². The van der Waals surface area contributed by atoms with Crippen molar-refractivity contribution in [3.05, 3.63) is 66.7 Å². The van der Waals surface area contributed by atoms with E-state index in [0.29, 0.717) is 29.4 Å². The summed E-state index contributed by atoms with van der Waals surface area (Å²) in [5.41, 5.74) is 2.12. The molecule has 29 heavy (non-hydrogen) atoms. The van der Waals surface area contributed by atoms with Crippen molar-refractivity contribution in [2.24, 2.45) is 0 Å². The van der Waals surface area contributed by atoms with Crippen molar-refractivity contribution in [2.45, 2.75) is 0 Å². The normalized spacial score (nSPS) is 10.9. The molecule has 0 atom stereocenters. The molecule has 1 N–H and O–H groups in total. The van der Waals surface area contributed by atoms with E-state index < -0.39 is 0 Å². The molecule has 0 saturated carbocycles. The Hall–Kier alpha value is -3.12. The van der Waals surface area contributed by atoms with Gasteiger partial charge in [0, 0.05) is 22.6 Å².